The Balaban J connectivity index is 1.54. The molecule has 0 atom stereocenters. The van der Waals surface area contributed by atoms with Crippen LogP contribution in [0.15, 0.2) is 83.0 Å². The molecule has 150 valence electrons. The zero-order valence-corrected chi connectivity index (χ0v) is 16.8. The van der Waals surface area contributed by atoms with E-state index >= 15 is 0 Å². The SMILES string of the molecule is COc1ccc(/C=N\N=C2/C(=O)N(C)c3ccccc32)cc1OCc1ccccc1. The van der Waals surface area contributed by atoms with Crippen molar-refractivity contribution in [2.45, 2.75) is 6.61 Å². The van der Waals surface area contributed by atoms with E-state index in [0.717, 1.165) is 22.4 Å². The van der Waals surface area contributed by atoms with Crippen molar-refractivity contribution in [2.75, 3.05) is 19.1 Å². The van der Waals surface area contributed by atoms with Gasteiger partial charge >= 0.3 is 0 Å². The van der Waals surface area contributed by atoms with Crippen molar-refractivity contribution >= 4 is 23.5 Å². The zero-order chi connectivity index (χ0) is 20.9. The molecule has 30 heavy (non-hydrogen) atoms. The van der Waals surface area contributed by atoms with Crippen LogP contribution in [0.25, 0.3) is 0 Å². The van der Waals surface area contributed by atoms with E-state index in [1.54, 1.807) is 25.3 Å². The van der Waals surface area contributed by atoms with Crippen LogP contribution in [0.2, 0.25) is 0 Å². The molecular formula is C24H21N3O3. The van der Waals surface area contributed by atoms with Gasteiger partial charge in [-0.3, -0.25) is 4.79 Å². The van der Waals surface area contributed by atoms with Gasteiger partial charge in [0, 0.05) is 12.6 Å². The van der Waals surface area contributed by atoms with Crippen molar-refractivity contribution < 1.29 is 14.3 Å². The van der Waals surface area contributed by atoms with Crippen molar-refractivity contribution in [2.24, 2.45) is 10.2 Å². The number of ether oxygens (including phenoxy) is 2. The number of likely N-dealkylation sites (N-methyl/N-ethyl adjacent to an activating group) is 1. The van der Waals surface area contributed by atoms with Crippen molar-refractivity contribution in [3.63, 3.8) is 0 Å². The Labute approximate surface area is 175 Å². The highest BCUT2D eigenvalue weighted by atomic mass is 16.5. The molecule has 1 amide bonds. The number of carbonyl (C=O) groups excluding carboxylic acids is 1. The molecule has 0 aromatic heterocycles. The number of methoxy groups -OCH3 is 1. The molecule has 0 saturated carbocycles. The third-order valence-corrected chi connectivity index (χ3v) is 4.82. The highest BCUT2D eigenvalue weighted by Gasteiger charge is 2.30. The Bertz CT molecular complexity index is 1120. The van der Waals surface area contributed by atoms with Gasteiger partial charge in [-0.25, -0.2) is 0 Å². The maximum Gasteiger partial charge on any atom is 0.279 e. The molecule has 3 aromatic carbocycles. The highest BCUT2D eigenvalue weighted by Crippen LogP contribution is 2.29. The monoisotopic (exact) mass is 399 g/mol. The fraction of sp³-hybridized carbons (Fsp3) is 0.125. The lowest BCUT2D eigenvalue weighted by molar-refractivity contribution is -0.111. The summed E-state index contributed by atoms with van der Waals surface area (Å²) in [7, 11) is 3.33. The van der Waals surface area contributed by atoms with Crippen LogP contribution in [0.3, 0.4) is 0 Å². The average molecular weight is 399 g/mol. The summed E-state index contributed by atoms with van der Waals surface area (Å²) in [4.78, 5) is 14.0. The normalized spacial score (nSPS) is 14.4. The number of anilines is 1. The lowest BCUT2D eigenvalue weighted by atomic mass is 10.1. The summed E-state index contributed by atoms with van der Waals surface area (Å²) in [5, 5.41) is 8.32. The van der Waals surface area contributed by atoms with Gasteiger partial charge in [0.15, 0.2) is 17.2 Å². The number of benzene rings is 3. The largest absolute Gasteiger partial charge is 0.493 e. The number of para-hydroxylation sites is 1. The maximum absolute atomic E-state index is 12.4. The molecule has 0 N–H and O–H groups in total. The van der Waals surface area contributed by atoms with Crippen LogP contribution in [0.4, 0.5) is 5.69 Å². The van der Waals surface area contributed by atoms with Gasteiger partial charge in [0.05, 0.1) is 19.0 Å². The zero-order valence-electron chi connectivity index (χ0n) is 16.8. The van der Waals surface area contributed by atoms with E-state index in [4.69, 9.17) is 9.47 Å². The number of carbonyl (C=O) groups is 1. The van der Waals surface area contributed by atoms with Gasteiger partial charge < -0.3 is 14.4 Å². The fourth-order valence-electron chi connectivity index (χ4n) is 3.22. The number of hydrogen-bond donors (Lipinski definition) is 0. The minimum atomic E-state index is -0.171. The van der Waals surface area contributed by atoms with Gasteiger partial charge in [0.25, 0.3) is 5.91 Å². The number of amides is 1. The van der Waals surface area contributed by atoms with Crippen molar-refractivity contribution in [3.05, 3.63) is 89.5 Å². The van der Waals surface area contributed by atoms with Gasteiger partial charge in [-0.15, -0.1) is 5.10 Å². The van der Waals surface area contributed by atoms with Crippen molar-refractivity contribution in [1.29, 1.82) is 0 Å². The molecule has 0 bridgehead atoms. The minimum Gasteiger partial charge on any atom is -0.493 e. The molecule has 1 aliphatic heterocycles. The van der Waals surface area contributed by atoms with Crippen LogP contribution in [0.5, 0.6) is 11.5 Å². The van der Waals surface area contributed by atoms with Crippen LogP contribution in [0.1, 0.15) is 16.7 Å². The third kappa shape index (κ3) is 3.93. The Morgan fingerprint density at radius 1 is 0.967 bits per heavy atom. The van der Waals surface area contributed by atoms with Crippen LogP contribution in [-0.4, -0.2) is 32.0 Å². The van der Waals surface area contributed by atoms with E-state index in [1.165, 1.54) is 0 Å². The number of hydrogen-bond acceptors (Lipinski definition) is 5. The first-order valence-corrected chi connectivity index (χ1v) is 9.50. The molecule has 0 radical (unpaired) electrons. The average Bonchev–Trinajstić information content (AvgIpc) is 3.03. The molecule has 1 aliphatic rings. The minimum absolute atomic E-state index is 0.171. The predicted molar refractivity (Wildman–Crippen MR) is 118 cm³/mol. The van der Waals surface area contributed by atoms with Gasteiger partial charge in [-0.1, -0.05) is 48.5 Å². The van der Waals surface area contributed by atoms with Crippen LogP contribution in [0, 0.1) is 0 Å². The first kappa shape index (κ1) is 19.4. The molecule has 4 rings (SSSR count). The van der Waals surface area contributed by atoms with Gasteiger partial charge in [0.2, 0.25) is 0 Å². The molecular weight excluding hydrogens is 378 g/mol. The molecule has 0 fully saturated rings. The maximum atomic E-state index is 12.4. The number of rotatable bonds is 6. The Kier molecular flexibility index (Phi) is 5.57. The van der Waals surface area contributed by atoms with Crippen LogP contribution < -0.4 is 14.4 Å². The molecule has 3 aromatic rings. The first-order valence-electron chi connectivity index (χ1n) is 9.50. The number of fused-ring (bicyclic) bond motifs is 1. The summed E-state index contributed by atoms with van der Waals surface area (Å²) in [6.07, 6.45) is 1.59. The topological polar surface area (TPSA) is 63.5 Å². The van der Waals surface area contributed by atoms with E-state index < -0.39 is 0 Å². The molecule has 0 unspecified atom stereocenters. The van der Waals surface area contributed by atoms with E-state index in [0.29, 0.717) is 23.8 Å². The Morgan fingerprint density at radius 2 is 1.73 bits per heavy atom. The van der Waals surface area contributed by atoms with Crippen LogP contribution >= 0.6 is 0 Å². The van der Waals surface area contributed by atoms with E-state index in [9.17, 15) is 4.79 Å². The second-order valence-corrected chi connectivity index (χ2v) is 6.76. The first-order chi connectivity index (χ1) is 14.7. The molecule has 1 heterocycles. The third-order valence-electron chi connectivity index (χ3n) is 4.82. The lowest BCUT2D eigenvalue weighted by Crippen LogP contribution is -2.25. The van der Waals surface area contributed by atoms with E-state index in [-0.39, 0.29) is 5.91 Å². The van der Waals surface area contributed by atoms with Crippen LogP contribution in [-0.2, 0) is 11.4 Å². The standard InChI is InChI=1S/C24H21N3O3/c1-27-20-11-7-6-10-19(20)23(24(27)28)26-25-15-18-12-13-21(29-2)22(14-18)30-16-17-8-4-3-5-9-17/h3-15H,16H2,1-2H3/b25-15-,26-23-. The smallest absolute Gasteiger partial charge is 0.279 e. The molecule has 6 nitrogen and oxygen atoms in total. The van der Waals surface area contributed by atoms with Crippen molar-refractivity contribution in [1.82, 2.24) is 0 Å². The summed E-state index contributed by atoms with van der Waals surface area (Å²) in [5.41, 5.74) is 3.79. The molecule has 0 aliphatic carbocycles. The Hall–Kier alpha value is -3.93. The molecule has 0 spiro atoms. The van der Waals surface area contributed by atoms with Gasteiger partial charge in [-0.2, -0.15) is 5.10 Å². The second kappa shape index (κ2) is 8.61. The summed E-state index contributed by atoms with van der Waals surface area (Å²) >= 11 is 0. The summed E-state index contributed by atoms with van der Waals surface area (Å²) in [6.45, 7) is 0.428. The Morgan fingerprint density at radius 3 is 2.53 bits per heavy atom. The van der Waals surface area contributed by atoms with E-state index in [1.807, 2.05) is 72.8 Å². The van der Waals surface area contributed by atoms with Gasteiger partial charge in [-0.05, 0) is 35.4 Å². The summed E-state index contributed by atoms with van der Waals surface area (Å²) in [6, 6.07) is 22.9. The highest BCUT2D eigenvalue weighted by molar-refractivity contribution is 6.54. The van der Waals surface area contributed by atoms with Crippen molar-refractivity contribution in [3.8, 4) is 11.5 Å². The number of nitrogens with zero attached hydrogens (tertiary/aromatic N) is 3. The summed E-state index contributed by atoms with van der Waals surface area (Å²) in [5.74, 6) is 1.07. The molecule has 6 heteroatoms. The molecule has 0 saturated heterocycles. The summed E-state index contributed by atoms with van der Waals surface area (Å²) < 4.78 is 11.3. The quantitative estimate of drug-likeness (QED) is 0.464. The second-order valence-electron chi connectivity index (χ2n) is 6.76. The van der Waals surface area contributed by atoms with Gasteiger partial charge in [0.1, 0.15) is 6.61 Å². The van der Waals surface area contributed by atoms with E-state index in [2.05, 4.69) is 10.2 Å². The lowest BCUT2D eigenvalue weighted by Gasteiger charge is -2.11. The predicted octanol–water partition coefficient (Wildman–Crippen LogP) is 4.07. The fourth-order valence-corrected chi connectivity index (χ4v) is 3.22.